The SMILES string of the molecule is CO[C@H](C(=O)Cc1ccc(F)c(CN2CCN(C(=O)C3CCCC3)[C@@H](C)C2)c1C)c1ccccc1. The van der Waals surface area contributed by atoms with E-state index < -0.39 is 6.10 Å². The Hall–Kier alpha value is -2.57. The van der Waals surface area contributed by atoms with Crippen LogP contribution < -0.4 is 0 Å². The summed E-state index contributed by atoms with van der Waals surface area (Å²) < 4.78 is 20.4. The number of hydrogen-bond acceptors (Lipinski definition) is 4. The minimum atomic E-state index is -0.643. The number of rotatable bonds is 8. The molecule has 0 aromatic heterocycles. The molecule has 0 unspecified atom stereocenters. The summed E-state index contributed by atoms with van der Waals surface area (Å²) in [6, 6.07) is 12.7. The largest absolute Gasteiger partial charge is 0.369 e. The number of piperazine rings is 1. The van der Waals surface area contributed by atoms with Crippen molar-refractivity contribution in [2.75, 3.05) is 26.7 Å². The quantitative estimate of drug-likeness (QED) is 0.542. The van der Waals surface area contributed by atoms with E-state index in [1.165, 1.54) is 13.2 Å². The number of hydrogen-bond donors (Lipinski definition) is 0. The molecule has 5 nitrogen and oxygen atoms in total. The standard InChI is InChI=1S/C29H37FN2O3/c1-20-18-31(15-16-32(20)29(34)23-11-7-8-12-23)19-25-21(2)24(13-14-26(25)30)17-27(33)28(35-3)22-9-5-4-6-10-22/h4-6,9-10,13-14,20,23,28H,7-8,11-12,15-19H2,1-3H3/t20-,28-/m0/s1. The number of halogens is 1. The third-order valence-electron chi connectivity index (χ3n) is 7.73. The molecular weight excluding hydrogens is 443 g/mol. The maximum atomic E-state index is 14.9. The molecule has 188 valence electrons. The molecule has 1 saturated carbocycles. The van der Waals surface area contributed by atoms with Gasteiger partial charge in [0.2, 0.25) is 5.91 Å². The van der Waals surface area contributed by atoms with Gasteiger partial charge in [-0.15, -0.1) is 0 Å². The molecule has 1 heterocycles. The number of amides is 1. The second kappa shape index (κ2) is 11.4. The Balaban J connectivity index is 1.43. The summed E-state index contributed by atoms with van der Waals surface area (Å²) in [7, 11) is 1.54. The van der Waals surface area contributed by atoms with Crippen LogP contribution in [0.15, 0.2) is 42.5 Å². The lowest BCUT2D eigenvalue weighted by Gasteiger charge is -2.41. The molecular formula is C29H37FN2O3. The monoisotopic (exact) mass is 480 g/mol. The molecule has 2 atom stereocenters. The van der Waals surface area contributed by atoms with Gasteiger partial charge in [-0.25, -0.2) is 4.39 Å². The van der Waals surface area contributed by atoms with Gasteiger partial charge >= 0.3 is 0 Å². The fourth-order valence-electron chi connectivity index (χ4n) is 5.65. The Bertz CT molecular complexity index is 1040. The Kier molecular flexibility index (Phi) is 8.34. The normalized spacial score (nSPS) is 20.2. The molecule has 0 radical (unpaired) electrons. The number of Topliss-reactive ketones (excluding diaryl/α,β-unsaturated/α-hetero) is 1. The zero-order valence-electron chi connectivity index (χ0n) is 21.1. The van der Waals surface area contributed by atoms with Crippen molar-refractivity contribution < 1.29 is 18.7 Å². The van der Waals surface area contributed by atoms with Crippen LogP contribution in [0.4, 0.5) is 4.39 Å². The number of methoxy groups -OCH3 is 1. The lowest BCUT2D eigenvalue weighted by Crippen LogP contribution is -2.54. The van der Waals surface area contributed by atoms with Crippen LogP contribution in [0.3, 0.4) is 0 Å². The highest BCUT2D eigenvalue weighted by atomic mass is 19.1. The van der Waals surface area contributed by atoms with Gasteiger partial charge < -0.3 is 9.64 Å². The predicted molar refractivity (Wildman–Crippen MR) is 134 cm³/mol. The molecule has 2 aliphatic rings. The summed E-state index contributed by atoms with van der Waals surface area (Å²) in [4.78, 5) is 30.2. The highest BCUT2D eigenvalue weighted by molar-refractivity contribution is 5.86. The van der Waals surface area contributed by atoms with E-state index in [0.29, 0.717) is 24.6 Å². The Labute approximate surface area is 208 Å². The number of nitrogens with zero attached hydrogens (tertiary/aromatic N) is 2. The van der Waals surface area contributed by atoms with Gasteiger partial charge in [-0.2, -0.15) is 0 Å². The van der Waals surface area contributed by atoms with Crippen molar-refractivity contribution in [2.24, 2.45) is 5.92 Å². The zero-order chi connectivity index (χ0) is 24.9. The van der Waals surface area contributed by atoms with Crippen LogP contribution in [-0.4, -0.2) is 54.3 Å². The topological polar surface area (TPSA) is 49.9 Å². The number of ketones is 1. The molecule has 1 amide bonds. The maximum Gasteiger partial charge on any atom is 0.226 e. The van der Waals surface area contributed by atoms with E-state index >= 15 is 0 Å². The first-order valence-electron chi connectivity index (χ1n) is 12.8. The van der Waals surface area contributed by atoms with Gasteiger partial charge in [0.15, 0.2) is 5.78 Å². The van der Waals surface area contributed by atoms with Crippen LogP contribution in [-0.2, 0) is 27.3 Å². The van der Waals surface area contributed by atoms with Crippen molar-refractivity contribution in [3.8, 4) is 0 Å². The van der Waals surface area contributed by atoms with Crippen molar-refractivity contribution in [3.63, 3.8) is 0 Å². The Morgan fingerprint density at radius 1 is 1.09 bits per heavy atom. The predicted octanol–water partition coefficient (Wildman–Crippen LogP) is 4.86. The van der Waals surface area contributed by atoms with Crippen LogP contribution >= 0.6 is 0 Å². The van der Waals surface area contributed by atoms with Crippen LogP contribution in [0, 0.1) is 18.7 Å². The average Bonchev–Trinajstić information content (AvgIpc) is 3.40. The fraction of sp³-hybridized carbons (Fsp3) is 0.517. The maximum absolute atomic E-state index is 14.9. The summed E-state index contributed by atoms with van der Waals surface area (Å²) >= 11 is 0. The first-order chi connectivity index (χ1) is 16.9. The average molecular weight is 481 g/mol. The van der Waals surface area contributed by atoms with Crippen LogP contribution in [0.2, 0.25) is 0 Å². The minimum absolute atomic E-state index is 0.0491. The third-order valence-corrected chi connectivity index (χ3v) is 7.73. The summed E-state index contributed by atoms with van der Waals surface area (Å²) in [5, 5.41) is 0. The third kappa shape index (κ3) is 5.81. The first kappa shape index (κ1) is 25.5. The van der Waals surface area contributed by atoms with Crippen LogP contribution in [0.25, 0.3) is 0 Å². The molecule has 2 aromatic carbocycles. The van der Waals surface area contributed by atoms with Crippen molar-refractivity contribution in [3.05, 3.63) is 70.5 Å². The summed E-state index contributed by atoms with van der Waals surface area (Å²) in [5.74, 6) is 0.183. The van der Waals surface area contributed by atoms with Crippen LogP contribution in [0.5, 0.6) is 0 Å². The molecule has 4 rings (SSSR count). The van der Waals surface area contributed by atoms with Gasteiger partial charge in [-0.3, -0.25) is 14.5 Å². The Morgan fingerprint density at radius 2 is 1.80 bits per heavy atom. The van der Waals surface area contributed by atoms with Gasteiger partial charge in [0, 0.05) is 57.2 Å². The molecule has 35 heavy (non-hydrogen) atoms. The van der Waals surface area contributed by atoms with E-state index in [1.807, 2.05) is 42.2 Å². The molecule has 2 fully saturated rings. The van der Waals surface area contributed by atoms with E-state index in [4.69, 9.17) is 4.74 Å². The highest BCUT2D eigenvalue weighted by Gasteiger charge is 2.33. The van der Waals surface area contributed by atoms with Gasteiger partial charge in [-0.1, -0.05) is 49.2 Å². The summed E-state index contributed by atoms with van der Waals surface area (Å²) in [6.07, 6.45) is 3.87. The molecule has 2 aromatic rings. The van der Waals surface area contributed by atoms with E-state index in [-0.39, 0.29) is 30.0 Å². The van der Waals surface area contributed by atoms with Crippen molar-refractivity contribution in [2.45, 2.75) is 64.6 Å². The second-order valence-corrected chi connectivity index (χ2v) is 10.1. The number of benzene rings is 2. The highest BCUT2D eigenvalue weighted by Crippen LogP contribution is 2.29. The summed E-state index contributed by atoms with van der Waals surface area (Å²) in [6.45, 7) is 6.59. The van der Waals surface area contributed by atoms with E-state index in [9.17, 15) is 14.0 Å². The minimum Gasteiger partial charge on any atom is -0.369 e. The van der Waals surface area contributed by atoms with Gasteiger partial charge in [-0.05, 0) is 49.4 Å². The first-order valence-corrected chi connectivity index (χ1v) is 12.8. The molecule has 6 heteroatoms. The fourth-order valence-corrected chi connectivity index (χ4v) is 5.65. The number of carbonyl (C=O) groups is 2. The van der Waals surface area contributed by atoms with E-state index in [1.54, 1.807) is 6.07 Å². The molecule has 0 N–H and O–H groups in total. The van der Waals surface area contributed by atoms with Crippen molar-refractivity contribution in [1.82, 2.24) is 9.80 Å². The van der Waals surface area contributed by atoms with E-state index in [2.05, 4.69) is 11.8 Å². The van der Waals surface area contributed by atoms with Gasteiger partial charge in [0.05, 0.1) is 0 Å². The molecule has 1 aliphatic heterocycles. The zero-order valence-corrected chi connectivity index (χ0v) is 21.1. The molecule has 0 spiro atoms. The van der Waals surface area contributed by atoms with Crippen molar-refractivity contribution >= 4 is 11.7 Å². The second-order valence-electron chi connectivity index (χ2n) is 10.1. The molecule has 1 saturated heterocycles. The smallest absolute Gasteiger partial charge is 0.226 e. The van der Waals surface area contributed by atoms with Crippen LogP contribution in [0.1, 0.15) is 61.0 Å². The van der Waals surface area contributed by atoms with Gasteiger partial charge in [0.1, 0.15) is 11.9 Å². The van der Waals surface area contributed by atoms with Crippen molar-refractivity contribution in [1.29, 1.82) is 0 Å². The summed E-state index contributed by atoms with van der Waals surface area (Å²) in [5.41, 5.74) is 3.09. The number of carbonyl (C=O) groups excluding carboxylic acids is 2. The molecule has 1 aliphatic carbocycles. The number of ether oxygens (including phenoxy) is 1. The lowest BCUT2D eigenvalue weighted by atomic mass is 9.94. The van der Waals surface area contributed by atoms with E-state index in [0.717, 1.165) is 55.5 Å². The van der Waals surface area contributed by atoms with Gasteiger partial charge in [0.25, 0.3) is 0 Å². The Morgan fingerprint density at radius 3 is 2.46 bits per heavy atom. The lowest BCUT2D eigenvalue weighted by molar-refractivity contribution is -0.140. The molecule has 0 bridgehead atoms.